The molecule has 8 heteroatoms. The number of pyridine rings is 1. The third kappa shape index (κ3) is 2.56. The Kier molecular flexibility index (Phi) is 3.73. The van der Waals surface area contributed by atoms with E-state index < -0.39 is 11.7 Å². The minimum atomic E-state index is -4.42. The van der Waals surface area contributed by atoms with Gasteiger partial charge in [0.1, 0.15) is 11.0 Å². The number of methoxy groups -OCH3 is 1. The molecule has 0 saturated heterocycles. The zero-order valence-electron chi connectivity index (χ0n) is 14.4. The van der Waals surface area contributed by atoms with Crippen LogP contribution in [0.5, 0.6) is 5.88 Å². The molecular weight excluding hydrogens is 359 g/mol. The van der Waals surface area contributed by atoms with Crippen molar-refractivity contribution in [2.24, 2.45) is 7.05 Å². The minimum Gasteiger partial charge on any atom is -0.479 e. The Morgan fingerprint density at radius 3 is 2.22 bits per heavy atom. The Morgan fingerprint density at radius 2 is 1.63 bits per heavy atom. The van der Waals surface area contributed by atoms with Crippen molar-refractivity contribution >= 4 is 21.8 Å². The van der Waals surface area contributed by atoms with Crippen molar-refractivity contribution in [3.05, 3.63) is 64.4 Å². The molecule has 0 fully saturated rings. The highest BCUT2D eigenvalue weighted by Crippen LogP contribution is 2.33. The molecule has 27 heavy (non-hydrogen) atoms. The molecule has 0 aliphatic carbocycles. The van der Waals surface area contributed by atoms with Gasteiger partial charge in [-0.15, -0.1) is 0 Å². The number of benzene rings is 2. The lowest BCUT2D eigenvalue weighted by atomic mass is 10.1. The van der Waals surface area contributed by atoms with Gasteiger partial charge < -0.3 is 9.30 Å². The number of fused-ring (bicyclic) bond motifs is 3. The number of alkyl halides is 3. The van der Waals surface area contributed by atoms with Crippen LogP contribution >= 0.6 is 0 Å². The number of hydrogen-bond donors (Lipinski definition) is 0. The second-order valence-corrected chi connectivity index (χ2v) is 6.07. The number of halogens is 3. The van der Waals surface area contributed by atoms with E-state index in [9.17, 15) is 18.0 Å². The minimum absolute atomic E-state index is 0.205. The SMILES string of the molecule is COc1c2c(nn1-c1ccc(C(F)(F)F)cc1)c1ccccc1c(=O)n2C. The number of rotatable bonds is 2. The largest absolute Gasteiger partial charge is 0.479 e. The van der Waals surface area contributed by atoms with Crippen molar-refractivity contribution < 1.29 is 17.9 Å². The van der Waals surface area contributed by atoms with E-state index in [-0.39, 0.29) is 11.4 Å². The highest BCUT2D eigenvalue weighted by molar-refractivity contribution is 6.05. The van der Waals surface area contributed by atoms with Crippen molar-refractivity contribution in [1.29, 1.82) is 0 Å². The fourth-order valence-electron chi connectivity index (χ4n) is 3.19. The van der Waals surface area contributed by atoms with E-state index in [1.54, 1.807) is 31.3 Å². The molecule has 138 valence electrons. The van der Waals surface area contributed by atoms with Crippen LogP contribution in [0.25, 0.3) is 27.5 Å². The average Bonchev–Trinajstić information content (AvgIpc) is 3.05. The number of ether oxygens (including phenoxy) is 1. The van der Waals surface area contributed by atoms with Gasteiger partial charge in [0.25, 0.3) is 5.56 Å². The fourth-order valence-corrected chi connectivity index (χ4v) is 3.19. The summed E-state index contributed by atoms with van der Waals surface area (Å²) in [6.45, 7) is 0. The Morgan fingerprint density at radius 1 is 1.00 bits per heavy atom. The predicted octanol–water partition coefficient (Wildman–Crippen LogP) is 3.90. The monoisotopic (exact) mass is 373 g/mol. The van der Waals surface area contributed by atoms with Gasteiger partial charge in [0.2, 0.25) is 5.88 Å². The first-order valence-corrected chi connectivity index (χ1v) is 8.05. The molecule has 0 N–H and O–H groups in total. The van der Waals surface area contributed by atoms with Crippen LogP contribution in [0.3, 0.4) is 0 Å². The van der Waals surface area contributed by atoms with Crippen LogP contribution < -0.4 is 10.3 Å². The standard InChI is InChI=1S/C19H14F3N3O2/c1-24-16-15(13-5-3-4-6-14(13)17(24)26)23-25(18(16)27-2)12-9-7-11(8-10-12)19(20,21)22/h3-10H,1-2H3. The van der Waals surface area contributed by atoms with E-state index in [4.69, 9.17) is 4.74 Å². The van der Waals surface area contributed by atoms with Crippen LogP contribution in [0.4, 0.5) is 13.2 Å². The number of nitrogens with zero attached hydrogens (tertiary/aromatic N) is 3. The maximum Gasteiger partial charge on any atom is 0.416 e. The van der Waals surface area contributed by atoms with Crippen molar-refractivity contribution in [1.82, 2.24) is 14.3 Å². The van der Waals surface area contributed by atoms with Gasteiger partial charge in [-0.2, -0.15) is 23.0 Å². The number of hydrogen-bond acceptors (Lipinski definition) is 3. The van der Waals surface area contributed by atoms with Gasteiger partial charge in [-0.1, -0.05) is 18.2 Å². The second kappa shape index (κ2) is 5.87. The normalized spacial score (nSPS) is 12.0. The quantitative estimate of drug-likeness (QED) is 0.535. The molecule has 2 aromatic heterocycles. The number of aryl methyl sites for hydroxylation is 1. The molecule has 0 saturated carbocycles. The van der Waals surface area contributed by atoms with Crippen LogP contribution in [0.1, 0.15) is 5.56 Å². The maximum atomic E-state index is 12.8. The molecule has 4 rings (SSSR count). The van der Waals surface area contributed by atoms with E-state index >= 15 is 0 Å². The summed E-state index contributed by atoms with van der Waals surface area (Å²) in [4.78, 5) is 12.7. The molecule has 0 aliphatic rings. The summed E-state index contributed by atoms with van der Waals surface area (Å²) in [5.41, 5.74) is 0.446. The molecule has 4 aromatic rings. The van der Waals surface area contributed by atoms with Crippen molar-refractivity contribution in [3.8, 4) is 11.6 Å². The lowest BCUT2D eigenvalue weighted by Crippen LogP contribution is -2.17. The van der Waals surface area contributed by atoms with Gasteiger partial charge in [-0.05, 0) is 30.3 Å². The molecule has 0 radical (unpaired) electrons. The molecule has 0 atom stereocenters. The summed E-state index contributed by atoms with van der Waals surface area (Å²) < 4.78 is 46.8. The first-order chi connectivity index (χ1) is 12.8. The van der Waals surface area contributed by atoms with Crippen molar-refractivity contribution in [3.63, 3.8) is 0 Å². The van der Waals surface area contributed by atoms with Crippen LogP contribution in [0.15, 0.2) is 53.3 Å². The Bertz CT molecular complexity index is 1220. The molecule has 2 heterocycles. The molecule has 5 nitrogen and oxygen atoms in total. The molecule has 0 amide bonds. The zero-order chi connectivity index (χ0) is 19.3. The Balaban J connectivity index is 2.04. The summed E-state index contributed by atoms with van der Waals surface area (Å²) in [6.07, 6.45) is -4.42. The molecule has 0 bridgehead atoms. The topological polar surface area (TPSA) is 49.1 Å². The summed E-state index contributed by atoms with van der Waals surface area (Å²) in [6, 6.07) is 11.7. The molecule has 0 unspecified atom stereocenters. The van der Waals surface area contributed by atoms with Gasteiger partial charge in [0.15, 0.2) is 0 Å². The van der Waals surface area contributed by atoms with Crippen LogP contribution in [-0.4, -0.2) is 21.5 Å². The van der Waals surface area contributed by atoms with Gasteiger partial charge in [0, 0.05) is 17.8 Å². The lowest BCUT2D eigenvalue weighted by molar-refractivity contribution is -0.137. The average molecular weight is 373 g/mol. The third-order valence-electron chi connectivity index (χ3n) is 4.50. The lowest BCUT2D eigenvalue weighted by Gasteiger charge is -2.10. The fraction of sp³-hybridized carbons (Fsp3) is 0.158. The highest BCUT2D eigenvalue weighted by Gasteiger charge is 2.30. The van der Waals surface area contributed by atoms with Crippen molar-refractivity contribution in [2.75, 3.05) is 7.11 Å². The van der Waals surface area contributed by atoms with Crippen LogP contribution in [0, 0.1) is 0 Å². The smallest absolute Gasteiger partial charge is 0.416 e. The maximum absolute atomic E-state index is 12.8. The predicted molar refractivity (Wildman–Crippen MR) is 95.4 cm³/mol. The molecule has 0 aliphatic heterocycles. The van der Waals surface area contributed by atoms with E-state index in [1.165, 1.54) is 28.5 Å². The molecule has 0 spiro atoms. The third-order valence-corrected chi connectivity index (χ3v) is 4.50. The highest BCUT2D eigenvalue weighted by atomic mass is 19.4. The van der Waals surface area contributed by atoms with Crippen LogP contribution in [0.2, 0.25) is 0 Å². The number of aromatic nitrogens is 3. The first kappa shape index (κ1) is 17.1. The molecular formula is C19H14F3N3O2. The van der Waals surface area contributed by atoms with Gasteiger partial charge in [0.05, 0.1) is 18.4 Å². The summed E-state index contributed by atoms with van der Waals surface area (Å²) in [5, 5.41) is 5.69. The van der Waals surface area contributed by atoms with E-state index in [0.717, 1.165) is 12.1 Å². The van der Waals surface area contributed by atoms with E-state index in [0.29, 0.717) is 27.5 Å². The summed E-state index contributed by atoms with van der Waals surface area (Å²) in [5.74, 6) is 0.273. The van der Waals surface area contributed by atoms with Gasteiger partial charge in [-0.3, -0.25) is 4.79 Å². The Hall–Kier alpha value is -3.29. The summed E-state index contributed by atoms with van der Waals surface area (Å²) >= 11 is 0. The van der Waals surface area contributed by atoms with E-state index in [1.807, 2.05) is 0 Å². The zero-order valence-corrected chi connectivity index (χ0v) is 14.4. The summed E-state index contributed by atoms with van der Waals surface area (Å²) in [7, 11) is 3.04. The van der Waals surface area contributed by atoms with Crippen molar-refractivity contribution in [2.45, 2.75) is 6.18 Å². The van der Waals surface area contributed by atoms with E-state index in [2.05, 4.69) is 5.10 Å². The van der Waals surface area contributed by atoms with Gasteiger partial charge >= 0.3 is 6.18 Å². The first-order valence-electron chi connectivity index (χ1n) is 8.05. The Labute approximate surface area is 151 Å². The van der Waals surface area contributed by atoms with Gasteiger partial charge in [-0.25, -0.2) is 0 Å². The second-order valence-electron chi connectivity index (χ2n) is 6.07. The molecule has 2 aromatic carbocycles. The van der Waals surface area contributed by atoms with Crippen LogP contribution in [-0.2, 0) is 13.2 Å².